The third kappa shape index (κ3) is 4.37. The number of nitrogen functional groups attached to an aromatic ring is 1. The van der Waals surface area contributed by atoms with Crippen molar-refractivity contribution in [2.45, 2.75) is 59.6 Å². The molecule has 0 aliphatic rings. The molecular formula is C13H25N3OS. The highest BCUT2D eigenvalue weighted by Crippen LogP contribution is 2.36. The maximum absolute atomic E-state index is 5.83. The van der Waals surface area contributed by atoms with Gasteiger partial charge in [-0.15, -0.1) is 0 Å². The molecule has 4 nitrogen and oxygen atoms in total. The lowest BCUT2D eigenvalue weighted by Crippen LogP contribution is -2.18. The molecule has 0 aliphatic heterocycles. The van der Waals surface area contributed by atoms with Crippen LogP contribution in [0.1, 0.15) is 47.5 Å². The molecule has 3 N–H and O–H groups in total. The van der Waals surface area contributed by atoms with E-state index in [1.54, 1.807) is 0 Å². The molecule has 18 heavy (non-hydrogen) atoms. The molecule has 0 bridgehead atoms. The standard InChI is InChI=1S/C13H25N3OS/c1-6-9(4)7-10(5)15-13-11(17-8(2)3)12(14)16-18-13/h8-10,15H,6-7H2,1-5H3,(H2,14,16). The second-order valence-electron chi connectivity index (χ2n) is 5.19. The zero-order valence-electron chi connectivity index (χ0n) is 12.0. The summed E-state index contributed by atoms with van der Waals surface area (Å²) in [5.41, 5.74) is 5.83. The molecule has 104 valence electrons. The number of anilines is 2. The topological polar surface area (TPSA) is 60.2 Å². The fourth-order valence-electron chi connectivity index (χ4n) is 1.79. The number of nitrogens with one attached hydrogen (secondary N) is 1. The van der Waals surface area contributed by atoms with Gasteiger partial charge in [0.1, 0.15) is 0 Å². The zero-order valence-corrected chi connectivity index (χ0v) is 12.8. The summed E-state index contributed by atoms with van der Waals surface area (Å²) >= 11 is 1.37. The maximum atomic E-state index is 5.83. The highest BCUT2D eigenvalue weighted by molar-refractivity contribution is 7.11. The Hall–Kier alpha value is -0.970. The highest BCUT2D eigenvalue weighted by Gasteiger charge is 2.17. The molecule has 1 heterocycles. The zero-order chi connectivity index (χ0) is 13.7. The van der Waals surface area contributed by atoms with Crippen LogP contribution in [0.25, 0.3) is 0 Å². The molecule has 0 aromatic carbocycles. The number of hydrogen-bond acceptors (Lipinski definition) is 5. The summed E-state index contributed by atoms with van der Waals surface area (Å²) in [6.45, 7) is 10.6. The van der Waals surface area contributed by atoms with Crippen LogP contribution < -0.4 is 15.8 Å². The normalized spacial score (nSPS) is 14.6. The molecule has 0 radical (unpaired) electrons. The van der Waals surface area contributed by atoms with Crippen LogP contribution in [0.15, 0.2) is 0 Å². The van der Waals surface area contributed by atoms with Crippen molar-refractivity contribution < 1.29 is 4.74 Å². The molecule has 0 fully saturated rings. The molecule has 1 aromatic heterocycles. The number of rotatable bonds is 7. The summed E-state index contributed by atoms with van der Waals surface area (Å²) in [6, 6.07) is 0.398. The smallest absolute Gasteiger partial charge is 0.197 e. The van der Waals surface area contributed by atoms with Gasteiger partial charge < -0.3 is 15.8 Å². The average molecular weight is 271 g/mol. The molecule has 0 saturated heterocycles. The molecule has 0 aliphatic carbocycles. The molecule has 2 unspecified atom stereocenters. The van der Waals surface area contributed by atoms with Gasteiger partial charge >= 0.3 is 0 Å². The van der Waals surface area contributed by atoms with Gasteiger partial charge in [0.15, 0.2) is 16.6 Å². The van der Waals surface area contributed by atoms with E-state index in [9.17, 15) is 0 Å². The van der Waals surface area contributed by atoms with E-state index in [0.29, 0.717) is 23.5 Å². The Morgan fingerprint density at radius 2 is 2.00 bits per heavy atom. The first-order valence-electron chi connectivity index (χ1n) is 6.62. The van der Waals surface area contributed by atoms with Gasteiger partial charge in [-0.3, -0.25) is 0 Å². The summed E-state index contributed by atoms with van der Waals surface area (Å²) < 4.78 is 9.86. The monoisotopic (exact) mass is 271 g/mol. The molecular weight excluding hydrogens is 246 g/mol. The third-order valence-electron chi connectivity index (χ3n) is 2.86. The van der Waals surface area contributed by atoms with Gasteiger partial charge in [-0.25, -0.2) is 0 Å². The number of ether oxygens (including phenoxy) is 1. The SMILES string of the molecule is CCC(C)CC(C)Nc1snc(N)c1OC(C)C. The van der Waals surface area contributed by atoms with Crippen molar-refractivity contribution in [1.82, 2.24) is 4.37 Å². The van der Waals surface area contributed by atoms with Crippen molar-refractivity contribution in [2.24, 2.45) is 5.92 Å². The van der Waals surface area contributed by atoms with Gasteiger partial charge in [0.05, 0.1) is 6.10 Å². The molecule has 2 atom stereocenters. The average Bonchev–Trinajstić information content (AvgIpc) is 2.60. The Balaban J connectivity index is 2.66. The summed E-state index contributed by atoms with van der Waals surface area (Å²) in [5, 5.41) is 4.39. The minimum absolute atomic E-state index is 0.106. The van der Waals surface area contributed by atoms with E-state index in [1.807, 2.05) is 13.8 Å². The van der Waals surface area contributed by atoms with Crippen LogP contribution in [-0.4, -0.2) is 16.5 Å². The Bertz CT molecular complexity index is 365. The van der Waals surface area contributed by atoms with E-state index in [1.165, 1.54) is 18.0 Å². The van der Waals surface area contributed by atoms with Gasteiger partial charge in [0.2, 0.25) is 0 Å². The first-order chi connectivity index (χ1) is 8.43. The van der Waals surface area contributed by atoms with Crippen LogP contribution in [0.5, 0.6) is 5.75 Å². The van der Waals surface area contributed by atoms with Crippen molar-refractivity contribution in [3.63, 3.8) is 0 Å². The van der Waals surface area contributed by atoms with E-state index in [0.717, 1.165) is 11.4 Å². The van der Waals surface area contributed by atoms with Crippen molar-refractivity contribution in [1.29, 1.82) is 0 Å². The maximum Gasteiger partial charge on any atom is 0.197 e. The van der Waals surface area contributed by atoms with Crippen molar-refractivity contribution >= 4 is 22.4 Å². The molecule has 1 aromatic rings. The number of hydrogen-bond donors (Lipinski definition) is 2. The van der Waals surface area contributed by atoms with Gasteiger partial charge in [-0.1, -0.05) is 20.3 Å². The van der Waals surface area contributed by atoms with E-state index in [2.05, 4.69) is 30.5 Å². The number of nitrogens with zero attached hydrogens (tertiary/aromatic N) is 1. The lowest BCUT2D eigenvalue weighted by molar-refractivity contribution is 0.245. The van der Waals surface area contributed by atoms with E-state index >= 15 is 0 Å². The van der Waals surface area contributed by atoms with Crippen LogP contribution in [-0.2, 0) is 0 Å². The number of nitrogens with two attached hydrogens (primary N) is 1. The second kappa shape index (κ2) is 6.83. The van der Waals surface area contributed by atoms with Gasteiger partial charge in [-0.05, 0) is 44.6 Å². The van der Waals surface area contributed by atoms with Crippen LogP contribution in [0.2, 0.25) is 0 Å². The molecule has 0 saturated carbocycles. The van der Waals surface area contributed by atoms with Gasteiger partial charge in [0.25, 0.3) is 0 Å². The lowest BCUT2D eigenvalue weighted by Gasteiger charge is -2.19. The van der Waals surface area contributed by atoms with Crippen molar-refractivity contribution in [2.75, 3.05) is 11.1 Å². The summed E-state index contributed by atoms with van der Waals surface area (Å²) in [5.74, 6) is 1.89. The van der Waals surface area contributed by atoms with Crippen molar-refractivity contribution in [3.05, 3.63) is 0 Å². The van der Waals surface area contributed by atoms with Gasteiger partial charge in [0, 0.05) is 6.04 Å². The van der Waals surface area contributed by atoms with Gasteiger partial charge in [-0.2, -0.15) is 4.37 Å². The fraction of sp³-hybridized carbons (Fsp3) is 0.769. The molecule has 0 amide bonds. The second-order valence-corrected chi connectivity index (χ2v) is 5.96. The Kier molecular flexibility index (Phi) is 5.72. The Morgan fingerprint density at radius 3 is 2.56 bits per heavy atom. The summed E-state index contributed by atoms with van der Waals surface area (Å²) in [7, 11) is 0. The third-order valence-corrected chi connectivity index (χ3v) is 3.63. The minimum atomic E-state index is 0.106. The predicted octanol–water partition coefficient (Wildman–Crippen LogP) is 3.75. The molecule has 1 rings (SSSR count). The molecule has 5 heteroatoms. The van der Waals surface area contributed by atoms with Crippen LogP contribution in [0.3, 0.4) is 0 Å². The lowest BCUT2D eigenvalue weighted by atomic mass is 10.0. The summed E-state index contributed by atoms with van der Waals surface area (Å²) in [6.07, 6.45) is 2.44. The fourth-order valence-corrected chi connectivity index (χ4v) is 2.55. The van der Waals surface area contributed by atoms with E-state index in [4.69, 9.17) is 10.5 Å². The predicted molar refractivity (Wildman–Crippen MR) is 79.4 cm³/mol. The first-order valence-corrected chi connectivity index (χ1v) is 7.39. The highest BCUT2D eigenvalue weighted by atomic mass is 32.1. The largest absolute Gasteiger partial charge is 0.484 e. The van der Waals surface area contributed by atoms with Crippen LogP contribution in [0, 0.1) is 5.92 Å². The minimum Gasteiger partial charge on any atom is -0.484 e. The van der Waals surface area contributed by atoms with E-state index in [-0.39, 0.29) is 6.10 Å². The summed E-state index contributed by atoms with van der Waals surface area (Å²) in [4.78, 5) is 0. The van der Waals surface area contributed by atoms with E-state index < -0.39 is 0 Å². The van der Waals surface area contributed by atoms with Crippen LogP contribution in [0.4, 0.5) is 10.8 Å². The quantitative estimate of drug-likeness (QED) is 0.793. The number of aromatic nitrogens is 1. The first kappa shape index (κ1) is 15.1. The molecule has 0 spiro atoms. The Morgan fingerprint density at radius 1 is 1.33 bits per heavy atom. The van der Waals surface area contributed by atoms with Crippen LogP contribution >= 0.6 is 11.5 Å². The Labute approximate surface area is 114 Å². The van der Waals surface area contributed by atoms with Crippen molar-refractivity contribution in [3.8, 4) is 5.75 Å².